The lowest BCUT2D eigenvalue weighted by atomic mass is 9.96. The number of amides is 1. The second-order valence-corrected chi connectivity index (χ2v) is 6.41. The first-order chi connectivity index (χ1) is 11.9. The molecule has 1 unspecified atom stereocenters. The number of carboxylic acids is 1. The van der Waals surface area contributed by atoms with E-state index < -0.39 is 11.8 Å². The molecule has 8 heteroatoms. The van der Waals surface area contributed by atoms with Gasteiger partial charge in [0.05, 0.1) is 17.8 Å². The molecule has 1 aliphatic rings. The first kappa shape index (κ1) is 17.0. The summed E-state index contributed by atoms with van der Waals surface area (Å²) in [5.41, 5.74) is 2.39. The zero-order chi connectivity index (χ0) is 18.1. The highest BCUT2D eigenvalue weighted by Gasteiger charge is 2.33. The van der Waals surface area contributed by atoms with Crippen LogP contribution < -0.4 is 10.2 Å². The molecule has 7 nitrogen and oxygen atoms in total. The van der Waals surface area contributed by atoms with Crippen molar-refractivity contribution < 1.29 is 24.4 Å². The molecular formula is C17H16N3O4S+. The Morgan fingerprint density at radius 3 is 2.76 bits per heavy atom. The number of Topliss-reactive ketones (excluding diaryl/α,β-unsaturated/α-hetero) is 1. The van der Waals surface area contributed by atoms with E-state index in [-0.39, 0.29) is 11.5 Å². The van der Waals surface area contributed by atoms with Crippen LogP contribution in [0, 0.1) is 0 Å². The molecule has 0 radical (unpaired) electrons. The molecule has 1 atom stereocenters. The average molecular weight is 358 g/mol. The number of thiazole rings is 1. The van der Waals surface area contributed by atoms with Crippen molar-refractivity contribution in [3.8, 4) is 11.3 Å². The highest BCUT2D eigenvalue weighted by Crippen LogP contribution is 2.29. The Morgan fingerprint density at radius 1 is 1.36 bits per heavy atom. The maximum Gasteiger partial charge on any atom is 0.345 e. The second kappa shape index (κ2) is 6.58. The van der Waals surface area contributed by atoms with Gasteiger partial charge in [-0.25, -0.2) is 9.78 Å². The Labute approximate surface area is 147 Å². The summed E-state index contributed by atoms with van der Waals surface area (Å²) in [5, 5.41) is 14.2. The van der Waals surface area contributed by atoms with E-state index in [0.717, 1.165) is 16.2 Å². The van der Waals surface area contributed by atoms with E-state index in [4.69, 9.17) is 0 Å². The zero-order valence-electron chi connectivity index (χ0n) is 13.6. The van der Waals surface area contributed by atoms with Crippen LogP contribution in [0.4, 0.5) is 10.8 Å². The molecule has 1 aromatic carbocycles. The Hall–Kier alpha value is -2.84. The lowest BCUT2D eigenvalue weighted by Gasteiger charge is -2.21. The number of ketones is 1. The van der Waals surface area contributed by atoms with Gasteiger partial charge in [0.2, 0.25) is 11.7 Å². The number of anilines is 1. The number of quaternary nitrogens is 1. The third kappa shape index (κ3) is 3.21. The third-order valence-corrected chi connectivity index (χ3v) is 4.63. The van der Waals surface area contributed by atoms with Gasteiger partial charge in [0, 0.05) is 23.9 Å². The van der Waals surface area contributed by atoms with Crippen molar-refractivity contribution in [3.63, 3.8) is 0 Å². The molecule has 25 heavy (non-hydrogen) atoms. The Balaban J connectivity index is 2.01. The van der Waals surface area contributed by atoms with Crippen LogP contribution in [0.2, 0.25) is 0 Å². The van der Waals surface area contributed by atoms with Crippen molar-refractivity contribution in [2.75, 3.05) is 11.9 Å². The summed E-state index contributed by atoms with van der Waals surface area (Å²) in [6.45, 7) is 3.93. The monoisotopic (exact) mass is 358 g/mol. The second-order valence-electron chi connectivity index (χ2n) is 5.55. The van der Waals surface area contributed by atoms with Gasteiger partial charge in [0.15, 0.2) is 10.7 Å². The third-order valence-electron chi connectivity index (χ3n) is 3.87. The molecule has 3 rings (SSSR count). The summed E-state index contributed by atoms with van der Waals surface area (Å²) in [5.74, 6) is -1.89. The first-order valence-electron chi connectivity index (χ1n) is 7.64. The van der Waals surface area contributed by atoms with Crippen LogP contribution in [0.25, 0.3) is 11.3 Å². The van der Waals surface area contributed by atoms with Gasteiger partial charge >= 0.3 is 5.97 Å². The van der Waals surface area contributed by atoms with E-state index in [1.807, 2.05) is 18.4 Å². The maximum absolute atomic E-state index is 12.4. The van der Waals surface area contributed by atoms with Crippen LogP contribution in [-0.2, 0) is 9.59 Å². The van der Waals surface area contributed by atoms with Crippen LogP contribution in [0.3, 0.4) is 0 Å². The number of aromatic nitrogens is 1. The van der Waals surface area contributed by atoms with E-state index >= 15 is 0 Å². The number of carbonyl (C=O) groups is 3. The molecular weight excluding hydrogens is 342 g/mol. The number of fused-ring (bicyclic) bond motifs is 1. The van der Waals surface area contributed by atoms with Gasteiger partial charge in [-0.1, -0.05) is 6.07 Å². The highest BCUT2D eigenvalue weighted by atomic mass is 32.1. The van der Waals surface area contributed by atoms with Crippen molar-refractivity contribution in [3.05, 3.63) is 40.9 Å². The molecule has 128 valence electrons. The lowest BCUT2D eigenvalue weighted by molar-refractivity contribution is -0.773. The first-order valence-corrected chi connectivity index (χ1v) is 8.52. The minimum atomic E-state index is -1.22. The minimum Gasteiger partial charge on any atom is -0.477 e. The fourth-order valence-corrected chi connectivity index (χ4v) is 3.46. The van der Waals surface area contributed by atoms with Gasteiger partial charge in [-0.3, -0.25) is 14.5 Å². The summed E-state index contributed by atoms with van der Waals surface area (Å²) in [6, 6.07) is 5.21. The van der Waals surface area contributed by atoms with Gasteiger partial charge in [0.1, 0.15) is 11.9 Å². The van der Waals surface area contributed by atoms with Gasteiger partial charge in [0.25, 0.3) is 0 Å². The van der Waals surface area contributed by atoms with E-state index in [1.165, 1.54) is 24.5 Å². The molecule has 0 saturated heterocycles. The normalized spacial score (nSPS) is 16.2. The van der Waals surface area contributed by atoms with Crippen LogP contribution in [0.5, 0.6) is 0 Å². The molecule has 0 fully saturated rings. The smallest absolute Gasteiger partial charge is 0.345 e. The predicted octanol–water partition coefficient (Wildman–Crippen LogP) is 1.47. The van der Waals surface area contributed by atoms with Crippen molar-refractivity contribution >= 4 is 39.8 Å². The summed E-state index contributed by atoms with van der Waals surface area (Å²) < 4.78 is 0. The minimum absolute atomic E-state index is 0.190. The van der Waals surface area contributed by atoms with Crippen LogP contribution in [0.15, 0.2) is 35.4 Å². The molecule has 1 amide bonds. The largest absolute Gasteiger partial charge is 0.477 e. The summed E-state index contributed by atoms with van der Waals surface area (Å²) in [4.78, 5) is 39.9. The topological polar surface area (TPSA) is 101 Å². The molecule has 1 aromatic heterocycles. The SMILES string of the molecule is CC[NH+]1C=C(C(=O)O)C(=O)c2ccc(-c3csc(NC(C)=O)n3)cc21. The van der Waals surface area contributed by atoms with Gasteiger partial charge in [-0.15, -0.1) is 11.3 Å². The number of aliphatic carboxylic acids is 1. The fourth-order valence-electron chi connectivity index (χ4n) is 2.70. The van der Waals surface area contributed by atoms with E-state index in [2.05, 4.69) is 10.3 Å². The Kier molecular flexibility index (Phi) is 4.47. The van der Waals surface area contributed by atoms with E-state index in [1.54, 1.807) is 12.1 Å². The average Bonchev–Trinajstić information content (AvgIpc) is 3.02. The fraction of sp³-hybridized carbons (Fsp3) is 0.176. The highest BCUT2D eigenvalue weighted by molar-refractivity contribution is 7.14. The van der Waals surface area contributed by atoms with Gasteiger partial charge in [-0.05, 0) is 13.0 Å². The van der Waals surface area contributed by atoms with Crippen molar-refractivity contribution in [1.29, 1.82) is 0 Å². The van der Waals surface area contributed by atoms with Crippen molar-refractivity contribution in [2.24, 2.45) is 0 Å². The number of benzene rings is 1. The molecule has 0 aliphatic carbocycles. The lowest BCUT2D eigenvalue weighted by Crippen LogP contribution is -3.03. The molecule has 3 N–H and O–H groups in total. The molecule has 0 bridgehead atoms. The Bertz CT molecular complexity index is 916. The van der Waals surface area contributed by atoms with Gasteiger partial charge in [-0.2, -0.15) is 0 Å². The number of nitrogens with zero attached hydrogens (tertiary/aromatic N) is 1. The molecule has 0 spiro atoms. The van der Waals surface area contributed by atoms with Crippen LogP contribution in [0.1, 0.15) is 24.2 Å². The molecule has 1 aliphatic heterocycles. The predicted molar refractivity (Wildman–Crippen MR) is 93.1 cm³/mol. The molecule has 2 heterocycles. The van der Waals surface area contributed by atoms with E-state index in [9.17, 15) is 19.5 Å². The Morgan fingerprint density at radius 2 is 2.12 bits per heavy atom. The summed E-state index contributed by atoms with van der Waals surface area (Å²) in [7, 11) is 0. The number of hydrogen-bond acceptors (Lipinski definition) is 5. The van der Waals surface area contributed by atoms with Crippen LogP contribution >= 0.6 is 11.3 Å². The zero-order valence-corrected chi connectivity index (χ0v) is 14.4. The quantitative estimate of drug-likeness (QED) is 0.719. The van der Waals surface area contributed by atoms with Crippen molar-refractivity contribution in [2.45, 2.75) is 13.8 Å². The summed E-state index contributed by atoms with van der Waals surface area (Å²) >= 11 is 1.32. The number of rotatable bonds is 4. The van der Waals surface area contributed by atoms with Crippen molar-refractivity contribution in [1.82, 2.24) is 4.98 Å². The van der Waals surface area contributed by atoms with Crippen LogP contribution in [-0.4, -0.2) is 34.3 Å². The number of hydrogen-bond donors (Lipinski definition) is 3. The number of carbonyl (C=O) groups excluding carboxylic acids is 2. The number of carboxylic acid groups (broad SMARTS) is 1. The maximum atomic E-state index is 12.4. The summed E-state index contributed by atoms with van der Waals surface area (Å²) in [6.07, 6.45) is 1.45. The molecule has 0 saturated carbocycles. The van der Waals surface area contributed by atoms with Gasteiger partial charge < -0.3 is 10.4 Å². The number of nitrogens with one attached hydrogen (secondary N) is 2. The molecule has 2 aromatic rings. The standard InChI is InChI=1S/C17H15N3O4S/c1-3-20-7-12(16(23)24)15(22)11-5-4-10(6-14(11)20)13-8-25-17(19-13)18-9(2)21/h4-8H,3H2,1-2H3,(H,23,24)(H,18,19,21)/p+1. The van der Waals surface area contributed by atoms with E-state index in [0.29, 0.717) is 22.9 Å².